The minimum atomic E-state index is 0.00909. The minimum Gasteiger partial charge on any atom is -0.352 e. The molecule has 1 aromatic carbocycles. The fourth-order valence-corrected chi connectivity index (χ4v) is 4.58. The number of nitrogens with zero attached hydrogens (tertiary/aromatic N) is 4. The average Bonchev–Trinajstić information content (AvgIpc) is 3.29. The predicted octanol–water partition coefficient (Wildman–Crippen LogP) is 4.10. The first kappa shape index (κ1) is 20.6. The third kappa shape index (κ3) is 4.11. The van der Waals surface area contributed by atoms with Crippen molar-refractivity contribution < 1.29 is 0 Å². The Hall–Kier alpha value is -2.70. The number of aromatic nitrogens is 2. The summed E-state index contributed by atoms with van der Waals surface area (Å²) in [4.78, 5) is 9.21. The molecule has 1 fully saturated rings. The Morgan fingerprint density at radius 3 is 2.50 bits per heavy atom. The van der Waals surface area contributed by atoms with Gasteiger partial charge in [-0.2, -0.15) is 0 Å². The van der Waals surface area contributed by atoms with Crippen molar-refractivity contribution >= 4 is 17.3 Å². The highest BCUT2D eigenvalue weighted by Gasteiger charge is 2.41. The van der Waals surface area contributed by atoms with Gasteiger partial charge in [0.1, 0.15) is 0 Å². The third-order valence-corrected chi connectivity index (χ3v) is 5.98. The van der Waals surface area contributed by atoms with E-state index < -0.39 is 0 Å². The van der Waals surface area contributed by atoms with Crippen LogP contribution in [0.2, 0.25) is 0 Å². The maximum atomic E-state index is 5.80. The average molecular weight is 420 g/mol. The fraction of sp³-hybridized carbons (Fsp3) is 0.333. The first-order valence-corrected chi connectivity index (χ1v) is 10.8. The van der Waals surface area contributed by atoms with Gasteiger partial charge < -0.3 is 19.7 Å². The zero-order valence-electron chi connectivity index (χ0n) is 17.8. The highest BCUT2D eigenvalue weighted by atomic mass is 32.1. The topological polar surface area (TPSA) is 36.3 Å². The first-order valence-electron chi connectivity index (χ1n) is 10.4. The van der Waals surface area contributed by atoms with Crippen LogP contribution in [0, 0.1) is 6.92 Å². The van der Waals surface area contributed by atoms with Gasteiger partial charge in [0.25, 0.3) is 0 Å². The number of hydrogen-bond donors (Lipinski definition) is 1. The Morgan fingerprint density at radius 1 is 1.03 bits per heavy atom. The van der Waals surface area contributed by atoms with E-state index in [1.807, 2.05) is 18.3 Å². The second-order valence-electron chi connectivity index (χ2n) is 8.05. The first-order chi connectivity index (χ1) is 14.6. The van der Waals surface area contributed by atoms with Crippen LogP contribution in [0.3, 0.4) is 0 Å². The molecule has 6 heteroatoms. The Bertz CT molecular complexity index is 983. The summed E-state index contributed by atoms with van der Waals surface area (Å²) in [6.07, 6.45) is 2.90. The maximum absolute atomic E-state index is 5.80. The van der Waals surface area contributed by atoms with E-state index in [1.165, 1.54) is 17.1 Å². The molecule has 3 heterocycles. The summed E-state index contributed by atoms with van der Waals surface area (Å²) in [5, 5.41) is 4.36. The van der Waals surface area contributed by atoms with Crippen molar-refractivity contribution in [2.75, 3.05) is 27.2 Å². The van der Waals surface area contributed by atoms with Gasteiger partial charge in [-0.1, -0.05) is 24.3 Å². The summed E-state index contributed by atoms with van der Waals surface area (Å²) in [6, 6.07) is 21.1. The molecule has 1 aliphatic heterocycles. The van der Waals surface area contributed by atoms with Crippen molar-refractivity contribution in [2.45, 2.75) is 25.4 Å². The minimum absolute atomic E-state index is 0.00909. The SMILES string of the molecule is Cc1ccc([C@H]2[C@@H](c3ccccn3)NC(=S)N2CCCN(C)C)n1-c1ccccc1. The number of aryl methyl sites for hydroxylation is 1. The van der Waals surface area contributed by atoms with Crippen LogP contribution in [-0.2, 0) is 0 Å². The summed E-state index contributed by atoms with van der Waals surface area (Å²) >= 11 is 5.80. The maximum Gasteiger partial charge on any atom is 0.170 e. The standard InChI is InChI=1S/C24H29N5S/c1-18-13-14-21(29(18)19-10-5-4-6-11-19)23-22(20-12-7-8-15-25-20)26-24(30)28(23)17-9-16-27(2)3/h4-8,10-15,22-23H,9,16-17H2,1-3H3,(H,26,30)/t22-,23+/m1/s1. The molecule has 2 atom stereocenters. The normalized spacial score (nSPS) is 18.8. The quantitative estimate of drug-likeness (QED) is 0.584. The molecule has 0 amide bonds. The molecular formula is C24H29N5S. The van der Waals surface area contributed by atoms with E-state index in [-0.39, 0.29) is 12.1 Å². The number of rotatable bonds is 7. The number of para-hydroxylation sites is 1. The molecule has 1 aliphatic rings. The Morgan fingerprint density at radius 2 is 1.80 bits per heavy atom. The number of nitrogens with one attached hydrogen (secondary N) is 1. The summed E-state index contributed by atoms with van der Waals surface area (Å²) in [6.45, 7) is 4.08. The van der Waals surface area contributed by atoms with Crippen LogP contribution < -0.4 is 5.32 Å². The largest absolute Gasteiger partial charge is 0.352 e. The van der Waals surface area contributed by atoms with Gasteiger partial charge >= 0.3 is 0 Å². The van der Waals surface area contributed by atoms with Gasteiger partial charge in [-0.05, 0) is 82.6 Å². The number of benzene rings is 1. The zero-order valence-corrected chi connectivity index (χ0v) is 18.6. The predicted molar refractivity (Wildman–Crippen MR) is 126 cm³/mol. The van der Waals surface area contributed by atoms with Gasteiger partial charge in [-0.25, -0.2) is 0 Å². The fourth-order valence-electron chi connectivity index (χ4n) is 4.24. The highest BCUT2D eigenvalue weighted by molar-refractivity contribution is 7.80. The second kappa shape index (κ2) is 8.98. The van der Waals surface area contributed by atoms with Gasteiger partial charge in [0.05, 0.1) is 17.8 Å². The molecule has 2 aromatic heterocycles. The second-order valence-corrected chi connectivity index (χ2v) is 8.43. The van der Waals surface area contributed by atoms with E-state index in [4.69, 9.17) is 12.2 Å². The molecule has 156 valence electrons. The lowest BCUT2D eigenvalue weighted by atomic mass is 10.0. The van der Waals surface area contributed by atoms with Gasteiger partial charge in [0.15, 0.2) is 5.11 Å². The van der Waals surface area contributed by atoms with Crippen molar-refractivity contribution in [1.29, 1.82) is 0 Å². The smallest absolute Gasteiger partial charge is 0.170 e. The van der Waals surface area contributed by atoms with Crippen molar-refractivity contribution in [3.63, 3.8) is 0 Å². The molecule has 0 bridgehead atoms. The molecule has 0 unspecified atom stereocenters. The molecule has 30 heavy (non-hydrogen) atoms. The Labute approximate surface area is 184 Å². The van der Waals surface area contributed by atoms with E-state index in [1.54, 1.807) is 0 Å². The van der Waals surface area contributed by atoms with Crippen molar-refractivity contribution in [3.8, 4) is 5.69 Å². The van der Waals surface area contributed by atoms with Crippen LogP contribution in [0.5, 0.6) is 0 Å². The lowest BCUT2D eigenvalue weighted by molar-refractivity contribution is 0.286. The van der Waals surface area contributed by atoms with Crippen LogP contribution in [0.25, 0.3) is 5.69 Å². The van der Waals surface area contributed by atoms with E-state index in [0.29, 0.717) is 0 Å². The Kier molecular flexibility index (Phi) is 6.16. The molecule has 4 rings (SSSR count). The van der Waals surface area contributed by atoms with Crippen LogP contribution in [0.15, 0.2) is 66.9 Å². The van der Waals surface area contributed by atoms with E-state index in [9.17, 15) is 0 Å². The van der Waals surface area contributed by atoms with Gasteiger partial charge in [-0.15, -0.1) is 0 Å². The summed E-state index contributed by atoms with van der Waals surface area (Å²) in [5.74, 6) is 0. The molecule has 0 radical (unpaired) electrons. The van der Waals surface area contributed by atoms with Gasteiger partial charge in [0.2, 0.25) is 0 Å². The number of thiocarbonyl (C=S) groups is 1. The van der Waals surface area contributed by atoms with E-state index >= 15 is 0 Å². The summed E-state index contributed by atoms with van der Waals surface area (Å²) < 4.78 is 2.34. The molecule has 5 nitrogen and oxygen atoms in total. The molecule has 0 saturated carbocycles. The monoisotopic (exact) mass is 419 g/mol. The highest BCUT2D eigenvalue weighted by Crippen LogP contribution is 2.40. The van der Waals surface area contributed by atoms with Crippen LogP contribution in [0.1, 0.15) is 35.6 Å². The van der Waals surface area contributed by atoms with E-state index in [2.05, 4.69) is 94.2 Å². The summed E-state index contributed by atoms with van der Waals surface area (Å²) in [5.41, 5.74) is 4.62. The molecular weight excluding hydrogens is 390 g/mol. The number of pyridine rings is 1. The van der Waals surface area contributed by atoms with Gasteiger partial charge in [0, 0.05) is 29.8 Å². The summed E-state index contributed by atoms with van der Waals surface area (Å²) in [7, 11) is 4.22. The molecule has 1 saturated heterocycles. The zero-order chi connectivity index (χ0) is 21.1. The van der Waals surface area contributed by atoms with E-state index in [0.717, 1.165) is 30.3 Å². The van der Waals surface area contributed by atoms with Crippen molar-refractivity contribution in [2.24, 2.45) is 0 Å². The van der Waals surface area contributed by atoms with Gasteiger partial charge in [-0.3, -0.25) is 4.98 Å². The van der Waals surface area contributed by atoms with Crippen molar-refractivity contribution in [1.82, 2.24) is 24.7 Å². The van der Waals surface area contributed by atoms with Crippen LogP contribution in [0.4, 0.5) is 0 Å². The number of hydrogen-bond acceptors (Lipinski definition) is 3. The van der Waals surface area contributed by atoms with Crippen molar-refractivity contribution in [3.05, 3.63) is 83.9 Å². The van der Waals surface area contributed by atoms with Crippen LogP contribution in [-0.4, -0.2) is 51.6 Å². The molecule has 3 aromatic rings. The lowest BCUT2D eigenvalue weighted by Crippen LogP contribution is -2.33. The van der Waals surface area contributed by atoms with Crippen LogP contribution >= 0.6 is 12.2 Å². The molecule has 1 N–H and O–H groups in total. The molecule has 0 spiro atoms. The molecule has 0 aliphatic carbocycles. The lowest BCUT2D eigenvalue weighted by Gasteiger charge is -2.29. The Balaban J connectivity index is 1.77. The third-order valence-electron chi connectivity index (χ3n) is 5.63.